The Hall–Kier alpha value is -1.66. The van der Waals surface area contributed by atoms with Crippen LogP contribution in [-0.4, -0.2) is 74.3 Å². The highest BCUT2D eigenvalue weighted by Crippen LogP contribution is 2.17. The Kier molecular flexibility index (Phi) is 6.64. The molecule has 2 fully saturated rings. The Morgan fingerprint density at radius 2 is 2.08 bits per heavy atom. The maximum absolute atomic E-state index is 13.7. The van der Waals surface area contributed by atoms with E-state index in [9.17, 15) is 4.39 Å². The van der Waals surface area contributed by atoms with E-state index in [0.29, 0.717) is 19.0 Å². The number of likely N-dealkylation sites (tertiary alicyclic amines) is 1. The first-order valence-corrected chi connectivity index (χ1v) is 9.36. The average molecular weight is 348 g/mol. The van der Waals surface area contributed by atoms with E-state index in [1.54, 1.807) is 6.07 Å². The van der Waals surface area contributed by atoms with Gasteiger partial charge in [0.15, 0.2) is 5.96 Å². The van der Waals surface area contributed by atoms with Gasteiger partial charge in [-0.2, -0.15) is 0 Å². The molecule has 0 spiro atoms. The Morgan fingerprint density at radius 1 is 1.28 bits per heavy atom. The van der Waals surface area contributed by atoms with Crippen molar-refractivity contribution in [2.24, 2.45) is 4.99 Å². The maximum Gasteiger partial charge on any atom is 0.193 e. The van der Waals surface area contributed by atoms with Crippen LogP contribution in [0.25, 0.3) is 0 Å². The van der Waals surface area contributed by atoms with E-state index >= 15 is 0 Å². The van der Waals surface area contributed by atoms with Crippen LogP contribution >= 0.6 is 0 Å². The number of hydrogen-bond acceptors (Lipinski definition) is 3. The lowest BCUT2D eigenvalue weighted by Crippen LogP contribution is -2.46. The van der Waals surface area contributed by atoms with E-state index in [2.05, 4.69) is 22.0 Å². The molecule has 0 aromatic heterocycles. The van der Waals surface area contributed by atoms with Crippen molar-refractivity contribution in [2.45, 2.75) is 25.8 Å². The van der Waals surface area contributed by atoms with Gasteiger partial charge in [0.25, 0.3) is 0 Å². The van der Waals surface area contributed by atoms with Crippen molar-refractivity contribution in [3.8, 4) is 0 Å². The minimum atomic E-state index is -0.142. The number of hydrogen-bond donors (Lipinski definition) is 1. The fourth-order valence-corrected chi connectivity index (χ4v) is 3.58. The van der Waals surface area contributed by atoms with E-state index in [1.165, 1.54) is 6.07 Å². The number of ether oxygens (including phenoxy) is 1. The second-order valence-corrected chi connectivity index (χ2v) is 6.61. The quantitative estimate of drug-likeness (QED) is 0.650. The van der Waals surface area contributed by atoms with Crippen molar-refractivity contribution in [3.63, 3.8) is 0 Å². The van der Waals surface area contributed by atoms with Gasteiger partial charge in [0.05, 0.1) is 13.2 Å². The minimum Gasteiger partial charge on any atom is -0.379 e. The van der Waals surface area contributed by atoms with Crippen LogP contribution in [-0.2, 0) is 11.2 Å². The van der Waals surface area contributed by atoms with Crippen LogP contribution in [0.1, 0.15) is 18.9 Å². The van der Waals surface area contributed by atoms with Gasteiger partial charge < -0.3 is 15.0 Å². The third-order valence-electron chi connectivity index (χ3n) is 4.96. The highest BCUT2D eigenvalue weighted by molar-refractivity contribution is 5.80. The summed E-state index contributed by atoms with van der Waals surface area (Å²) in [5, 5.41) is 3.39. The van der Waals surface area contributed by atoms with Gasteiger partial charge in [-0.3, -0.25) is 9.89 Å². The fraction of sp³-hybridized carbons (Fsp3) is 0.632. The zero-order chi connectivity index (χ0) is 17.5. The van der Waals surface area contributed by atoms with Gasteiger partial charge in [0.2, 0.25) is 0 Å². The zero-order valence-corrected chi connectivity index (χ0v) is 15.1. The van der Waals surface area contributed by atoms with Crippen LogP contribution in [0.2, 0.25) is 0 Å². The molecule has 3 rings (SSSR count). The van der Waals surface area contributed by atoms with Gasteiger partial charge in [-0.05, 0) is 31.4 Å². The number of guanidine groups is 1. The lowest BCUT2D eigenvalue weighted by molar-refractivity contribution is 0.0195. The molecule has 0 radical (unpaired) electrons. The molecule has 0 saturated carbocycles. The highest BCUT2D eigenvalue weighted by Gasteiger charge is 2.30. The monoisotopic (exact) mass is 348 g/mol. The number of benzene rings is 1. The van der Waals surface area contributed by atoms with Crippen LogP contribution in [0.4, 0.5) is 4.39 Å². The largest absolute Gasteiger partial charge is 0.379 e. The standard InChI is InChI=1S/C19H29FN4O/c1-2-21-19(22-9-7-16-5-3-4-6-18(16)20)24-10-8-17(15-24)23-11-13-25-14-12-23/h3-6,17H,2,7-15H2,1H3,(H,21,22). The van der Waals surface area contributed by atoms with Crippen LogP contribution in [0.5, 0.6) is 0 Å². The van der Waals surface area contributed by atoms with Crippen LogP contribution in [0.15, 0.2) is 29.3 Å². The zero-order valence-electron chi connectivity index (χ0n) is 15.1. The van der Waals surface area contributed by atoms with Gasteiger partial charge in [0, 0.05) is 45.3 Å². The molecule has 2 aliphatic rings. The van der Waals surface area contributed by atoms with Crippen molar-refractivity contribution < 1.29 is 9.13 Å². The molecule has 6 heteroatoms. The lowest BCUT2D eigenvalue weighted by atomic mass is 10.1. The second kappa shape index (κ2) is 9.15. The van der Waals surface area contributed by atoms with Gasteiger partial charge in [-0.1, -0.05) is 18.2 Å². The molecular weight excluding hydrogens is 319 g/mol. The van der Waals surface area contributed by atoms with Gasteiger partial charge in [-0.25, -0.2) is 4.39 Å². The molecule has 2 heterocycles. The Labute approximate surface area is 149 Å². The van der Waals surface area contributed by atoms with E-state index in [4.69, 9.17) is 9.73 Å². The molecule has 2 saturated heterocycles. The summed E-state index contributed by atoms with van der Waals surface area (Å²) in [5.74, 6) is 0.811. The summed E-state index contributed by atoms with van der Waals surface area (Å²) < 4.78 is 19.2. The molecule has 0 bridgehead atoms. The number of rotatable bonds is 5. The first kappa shape index (κ1) is 18.1. The number of nitrogens with one attached hydrogen (secondary N) is 1. The van der Waals surface area contributed by atoms with E-state index in [1.807, 2.05) is 12.1 Å². The SMILES string of the molecule is CCNC(=NCCc1ccccc1F)N1CCC(N2CCOCC2)C1. The Morgan fingerprint density at radius 3 is 2.84 bits per heavy atom. The third kappa shape index (κ3) is 4.92. The Balaban J connectivity index is 1.56. The van der Waals surface area contributed by atoms with E-state index < -0.39 is 0 Å². The molecule has 1 atom stereocenters. The summed E-state index contributed by atoms with van der Waals surface area (Å²) in [6.07, 6.45) is 1.79. The van der Waals surface area contributed by atoms with Crippen molar-refractivity contribution in [1.82, 2.24) is 15.1 Å². The number of nitrogens with zero attached hydrogens (tertiary/aromatic N) is 3. The molecule has 1 aromatic carbocycles. The summed E-state index contributed by atoms with van der Waals surface area (Å²) >= 11 is 0. The van der Waals surface area contributed by atoms with Gasteiger partial charge >= 0.3 is 0 Å². The molecule has 2 aliphatic heterocycles. The number of halogens is 1. The van der Waals surface area contributed by atoms with Crippen molar-refractivity contribution in [2.75, 3.05) is 52.5 Å². The molecule has 138 valence electrons. The summed E-state index contributed by atoms with van der Waals surface area (Å²) in [6, 6.07) is 7.53. The molecular formula is C19H29FN4O. The van der Waals surface area contributed by atoms with Crippen LogP contribution < -0.4 is 5.32 Å². The highest BCUT2D eigenvalue weighted by atomic mass is 19.1. The summed E-state index contributed by atoms with van der Waals surface area (Å²) in [4.78, 5) is 9.61. The van der Waals surface area contributed by atoms with Crippen LogP contribution in [0, 0.1) is 5.82 Å². The predicted molar refractivity (Wildman–Crippen MR) is 98.5 cm³/mol. The smallest absolute Gasteiger partial charge is 0.193 e. The van der Waals surface area contributed by atoms with Gasteiger partial charge in [-0.15, -0.1) is 0 Å². The van der Waals surface area contributed by atoms with Crippen molar-refractivity contribution in [1.29, 1.82) is 0 Å². The minimum absolute atomic E-state index is 0.142. The predicted octanol–water partition coefficient (Wildman–Crippen LogP) is 1.74. The maximum atomic E-state index is 13.7. The first-order valence-electron chi connectivity index (χ1n) is 9.36. The molecule has 5 nitrogen and oxygen atoms in total. The first-order chi connectivity index (χ1) is 12.3. The molecule has 1 N–H and O–H groups in total. The molecule has 1 unspecified atom stereocenters. The molecule has 0 aliphatic carbocycles. The summed E-state index contributed by atoms with van der Waals surface area (Å²) in [6.45, 7) is 9.29. The van der Waals surface area contributed by atoms with Gasteiger partial charge in [0.1, 0.15) is 5.82 Å². The van der Waals surface area contributed by atoms with Crippen molar-refractivity contribution >= 4 is 5.96 Å². The lowest BCUT2D eigenvalue weighted by Gasteiger charge is -2.32. The summed E-state index contributed by atoms with van der Waals surface area (Å²) in [7, 11) is 0. The second-order valence-electron chi connectivity index (χ2n) is 6.61. The van der Waals surface area contributed by atoms with Crippen LogP contribution in [0.3, 0.4) is 0 Å². The van der Waals surface area contributed by atoms with Crippen molar-refractivity contribution in [3.05, 3.63) is 35.6 Å². The number of morpholine rings is 1. The fourth-order valence-electron chi connectivity index (χ4n) is 3.58. The average Bonchev–Trinajstić information content (AvgIpc) is 3.13. The Bertz CT molecular complexity index is 574. The third-order valence-corrected chi connectivity index (χ3v) is 4.96. The molecule has 25 heavy (non-hydrogen) atoms. The van der Waals surface area contributed by atoms with E-state index in [0.717, 1.165) is 63.9 Å². The van der Waals surface area contributed by atoms with E-state index in [-0.39, 0.29) is 5.82 Å². The molecule has 1 aromatic rings. The number of aliphatic imine (C=N–C) groups is 1. The summed E-state index contributed by atoms with van der Waals surface area (Å²) in [5.41, 5.74) is 0.731. The normalized spacial score (nSPS) is 22.4. The molecule has 0 amide bonds. The topological polar surface area (TPSA) is 40.1 Å².